The number of thioether (sulfide) groups is 1. The van der Waals surface area contributed by atoms with E-state index in [-0.39, 0.29) is 5.91 Å². The second-order valence-corrected chi connectivity index (χ2v) is 7.36. The molecule has 0 aromatic carbocycles. The van der Waals surface area contributed by atoms with Crippen LogP contribution in [0.3, 0.4) is 0 Å². The smallest absolute Gasteiger partial charge is 0.227 e. The third-order valence-corrected chi connectivity index (χ3v) is 4.85. The minimum Gasteiger partial charge on any atom is -0.357 e. The van der Waals surface area contributed by atoms with Crippen molar-refractivity contribution < 1.29 is 4.79 Å². The molecule has 1 heterocycles. The van der Waals surface area contributed by atoms with Crippen LogP contribution in [0.4, 0.5) is 0 Å². The molecule has 0 saturated carbocycles. The van der Waals surface area contributed by atoms with E-state index in [4.69, 9.17) is 0 Å². The number of carbonyl (C=O) groups excluding carboxylic acids is 1. The number of aliphatic imine (C=N–C) groups is 1. The molecule has 1 atom stereocenters. The summed E-state index contributed by atoms with van der Waals surface area (Å²) in [5.74, 6) is 2.13. The molecule has 0 aromatic heterocycles. The first kappa shape index (κ1) is 18.1. The maximum Gasteiger partial charge on any atom is 0.227 e. The van der Waals surface area contributed by atoms with E-state index in [1.807, 2.05) is 32.5 Å². The molecule has 5 nitrogen and oxygen atoms in total. The maximum atomic E-state index is 12.0. The van der Waals surface area contributed by atoms with Crippen LogP contribution in [0.2, 0.25) is 0 Å². The molecule has 6 heteroatoms. The van der Waals surface area contributed by atoms with Crippen LogP contribution >= 0.6 is 11.8 Å². The van der Waals surface area contributed by atoms with Gasteiger partial charge in [0.25, 0.3) is 0 Å². The van der Waals surface area contributed by atoms with Crippen LogP contribution in [0, 0.1) is 5.41 Å². The topological polar surface area (TPSA) is 65.5 Å². The third kappa shape index (κ3) is 6.59. The Labute approximate surface area is 133 Å². The molecule has 1 amide bonds. The van der Waals surface area contributed by atoms with Crippen LogP contribution < -0.4 is 16.0 Å². The van der Waals surface area contributed by atoms with Gasteiger partial charge in [-0.25, -0.2) is 0 Å². The summed E-state index contributed by atoms with van der Waals surface area (Å²) in [6, 6.07) is 0. The predicted molar refractivity (Wildman–Crippen MR) is 91.9 cm³/mol. The second kappa shape index (κ2) is 9.18. The van der Waals surface area contributed by atoms with Gasteiger partial charge in [-0.15, -0.1) is 0 Å². The number of nitrogens with one attached hydrogen (secondary N) is 3. The van der Waals surface area contributed by atoms with Gasteiger partial charge in [-0.3, -0.25) is 9.79 Å². The van der Waals surface area contributed by atoms with Gasteiger partial charge >= 0.3 is 0 Å². The number of hydrogen-bond acceptors (Lipinski definition) is 3. The summed E-state index contributed by atoms with van der Waals surface area (Å²) in [5.41, 5.74) is -0.486. The van der Waals surface area contributed by atoms with E-state index in [1.54, 1.807) is 0 Å². The van der Waals surface area contributed by atoms with Gasteiger partial charge in [-0.1, -0.05) is 0 Å². The molecule has 3 N–H and O–H groups in total. The largest absolute Gasteiger partial charge is 0.357 e. The quantitative estimate of drug-likeness (QED) is 0.493. The lowest BCUT2D eigenvalue weighted by atomic mass is 9.92. The van der Waals surface area contributed by atoms with Crippen molar-refractivity contribution in [2.24, 2.45) is 10.4 Å². The van der Waals surface area contributed by atoms with Crippen molar-refractivity contribution in [2.75, 3.05) is 31.9 Å². The molecule has 1 aliphatic rings. The van der Waals surface area contributed by atoms with E-state index < -0.39 is 5.41 Å². The molecule has 1 saturated heterocycles. The lowest BCUT2D eigenvalue weighted by Gasteiger charge is -2.22. The molecular formula is C15H30N4OS. The van der Waals surface area contributed by atoms with Crippen LogP contribution in [0.5, 0.6) is 0 Å². The van der Waals surface area contributed by atoms with E-state index in [0.717, 1.165) is 19.0 Å². The highest BCUT2D eigenvalue weighted by Crippen LogP contribution is 2.25. The van der Waals surface area contributed by atoms with Gasteiger partial charge in [0.15, 0.2) is 5.96 Å². The van der Waals surface area contributed by atoms with Crippen LogP contribution in [0.25, 0.3) is 0 Å². The van der Waals surface area contributed by atoms with Crippen molar-refractivity contribution in [2.45, 2.75) is 45.8 Å². The minimum absolute atomic E-state index is 0.0518. The molecule has 0 radical (unpaired) electrons. The highest BCUT2D eigenvalue weighted by Gasteiger charge is 2.27. The van der Waals surface area contributed by atoms with E-state index in [2.05, 4.69) is 27.9 Å². The Balaban J connectivity index is 2.51. The van der Waals surface area contributed by atoms with E-state index in [9.17, 15) is 4.79 Å². The Morgan fingerprint density at radius 2 is 1.95 bits per heavy atom. The standard InChI is InChI=1S/C15H30N4OS/c1-5-16-13(20)15(3,4)11-19-14(17-6-2)18-10-12-8-7-9-21-12/h12H,5-11H2,1-4H3,(H,16,20)(H2,17,18,19). The van der Waals surface area contributed by atoms with Crippen LogP contribution in [0.15, 0.2) is 4.99 Å². The predicted octanol–water partition coefficient (Wildman–Crippen LogP) is 1.60. The van der Waals surface area contributed by atoms with Gasteiger partial charge < -0.3 is 16.0 Å². The zero-order valence-electron chi connectivity index (χ0n) is 13.8. The lowest BCUT2D eigenvalue weighted by molar-refractivity contribution is -0.128. The van der Waals surface area contributed by atoms with E-state index in [0.29, 0.717) is 18.3 Å². The Morgan fingerprint density at radius 1 is 1.24 bits per heavy atom. The third-order valence-electron chi connectivity index (χ3n) is 3.45. The number of rotatable bonds is 7. The fourth-order valence-electron chi connectivity index (χ4n) is 2.11. The van der Waals surface area contributed by atoms with E-state index >= 15 is 0 Å². The van der Waals surface area contributed by atoms with Gasteiger partial charge in [0.05, 0.1) is 12.0 Å². The van der Waals surface area contributed by atoms with Gasteiger partial charge in [0.1, 0.15) is 0 Å². The summed E-state index contributed by atoms with van der Waals surface area (Å²) in [7, 11) is 0. The first-order chi connectivity index (χ1) is 9.99. The molecule has 0 bridgehead atoms. The van der Waals surface area contributed by atoms with Crippen LogP contribution in [0.1, 0.15) is 40.5 Å². The SMILES string of the molecule is CCNC(=O)C(C)(C)CN=C(NCC)NCC1CCCS1. The number of amides is 1. The Kier molecular flexibility index (Phi) is 7.93. The molecule has 1 rings (SSSR count). The number of hydrogen-bond donors (Lipinski definition) is 3. The second-order valence-electron chi connectivity index (χ2n) is 5.95. The molecule has 122 valence electrons. The molecule has 1 aliphatic heterocycles. The van der Waals surface area contributed by atoms with Crippen molar-refractivity contribution in [1.29, 1.82) is 0 Å². The highest BCUT2D eigenvalue weighted by atomic mass is 32.2. The summed E-state index contributed by atoms with van der Waals surface area (Å²) < 4.78 is 0. The normalized spacial score (nSPS) is 19.4. The highest BCUT2D eigenvalue weighted by molar-refractivity contribution is 8.00. The summed E-state index contributed by atoms with van der Waals surface area (Å²) >= 11 is 2.03. The first-order valence-corrected chi connectivity index (χ1v) is 8.96. The lowest BCUT2D eigenvalue weighted by Crippen LogP contribution is -2.43. The molecule has 21 heavy (non-hydrogen) atoms. The van der Waals surface area contributed by atoms with Crippen LogP contribution in [-0.2, 0) is 4.79 Å². The summed E-state index contributed by atoms with van der Waals surface area (Å²) in [4.78, 5) is 16.6. The average Bonchev–Trinajstić information content (AvgIpc) is 2.95. The monoisotopic (exact) mass is 314 g/mol. The van der Waals surface area contributed by atoms with Crippen molar-refractivity contribution in [3.05, 3.63) is 0 Å². The molecule has 0 aliphatic carbocycles. The number of nitrogens with zero attached hydrogens (tertiary/aromatic N) is 1. The number of guanidine groups is 1. The zero-order valence-corrected chi connectivity index (χ0v) is 14.6. The summed E-state index contributed by atoms with van der Waals surface area (Å²) in [6.07, 6.45) is 2.59. The Morgan fingerprint density at radius 3 is 2.52 bits per heavy atom. The van der Waals surface area contributed by atoms with Gasteiger partial charge in [-0.2, -0.15) is 11.8 Å². The molecular weight excluding hydrogens is 284 g/mol. The Bertz CT molecular complexity index is 352. The maximum absolute atomic E-state index is 12.0. The minimum atomic E-state index is -0.486. The average molecular weight is 314 g/mol. The molecule has 0 spiro atoms. The summed E-state index contributed by atoms with van der Waals surface area (Å²) in [5, 5.41) is 10.2. The molecule has 0 aromatic rings. The van der Waals surface area contributed by atoms with Crippen molar-refractivity contribution in [1.82, 2.24) is 16.0 Å². The fraction of sp³-hybridized carbons (Fsp3) is 0.867. The fourth-order valence-corrected chi connectivity index (χ4v) is 3.31. The van der Waals surface area contributed by atoms with Gasteiger partial charge in [0, 0.05) is 24.9 Å². The van der Waals surface area contributed by atoms with Crippen molar-refractivity contribution in [3.63, 3.8) is 0 Å². The van der Waals surface area contributed by atoms with Gasteiger partial charge in [0.2, 0.25) is 5.91 Å². The first-order valence-electron chi connectivity index (χ1n) is 7.91. The van der Waals surface area contributed by atoms with E-state index in [1.165, 1.54) is 18.6 Å². The Hall–Kier alpha value is -0.910. The summed E-state index contributed by atoms with van der Waals surface area (Å²) in [6.45, 7) is 10.7. The van der Waals surface area contributed by atoms with Crippen molar-refractivity contribution in [3.8, 4) is 0 Å². The molecule has 1 unspecified atom stereocenters. The molecule has 1 fully saturated rings. The zero-order chi connectivity index (χ0) is 15.7. The van der Waals surface area contributed by atoms with Crippen LogP contribution in [-0.4, -0.2) is 49.0 Å². The van der Waals surface area contributed by atoms with Gasteiger partial charge in [-0.05, 0) is 46.3 Å². The van der Waals surface area contributed by atoms with Crippen molar-refractivity contribution >= 4 is 23.6 Å². The number of carbonyl (C=O) groups is 1.